The molecule has 1 saturated heterocycles. The van der Waals surface area contributed by atoms with E-state index in [1.54, 1.807) is 20.2 Å². The maximum absolute atomic E-state index is 13.4. The number of amides is 1. The van der Waals surface area contributed by atoms with E-state index in [4.69, 9.17) is 4.74 Å². The molecule has 3 N–H and O–H groups in total. The van der Waals surface area contributed by atoms with Crippen molar-refractivity contribution in [3.05, 3.63) is 35.8 Å². The molecule has 1 aromatic carbocycles. The van der Waals surface area contributed by atoms with Crippen molar-refractivity contribution in [2.75, 3.05) is 66.6 Å². The lowest BCUT2D eigenvalue weighted by Crippen LogP contribution is -2.41. The highest BCUT2D eigenvalue weighted by atomic mass is 127. The number of nitrogens with zero attached hydrogens (tertiary/aromatic N) is 3. The molecule has 0 bridgehead atoms. The minimum absolute atomic E-state index is 0. The zero-order valence-electron chi connectivity index (χ0n) is 18.8. The molecule has 178 valence electrons. The fourth-order valence-electron chi connectivity index (χ4n) is 3.48. The monoisotopic (exact) mass is 560 g/mol. The number of aromatic nitrogens is 1. The van der Waals surface area contributed by atoms with E-state index in [2.05, 4.69) is 25.5 Å². The van der Waals surface area contributed by atoms with E-state index in [0.29, 0.717) is 12.5 Å². The van der Waals surface area contributed by atoms with Crippen LogP contribution in [0.1, 0.15) is 12.0 Å². The van der Waals surface area contributed by atoms with Crippen molar-refractivity contribution in [2.24, 2.45) is 4.99 Å². The van der Waals surface area contributed by atoms with Crippen LogP contribution >= 0.6 is 24.0 Å². The topological polar surface area (TPSA) is 85.0 Å². The minimum Gasteiger partial charge on any atom is -0.379 e. The molecule has 0 radical (unpaired) electrons. The van der Waals surface area contributed by atoms with Gasteiger partial charge in [-0.1, -0.05) is 0 Å². The second kappa shape index (κ2) is 13.6. The van der Waals surface area contributed by atoms with E-state index >= 15 is 0 Å². The number of guanidine groups is 1. The van der Waals surface area contributed by atoms with Crippen molar-refractivity contribution in [3.63, 3.8) is 0 Å². The van der Waals surface area contributed by atoms with Crippen molar-refractivity contribution < 1.29 is 13.9 Å². The summed E-state index contributed by atoms with van der Waals surface area (Å²) < 4.78 is 18.8. The van der Waals surface area contributed by atoms with E-state index < -0.39 is 0 Å². The number of hydrogen-bond acceptors (Lipinski definition) is 4. The van der Waals surface area contributed by atoms with Crippen molar-refractivity contribution in [1.29, 1.82) is 0 Å². The fourth-order valence-corrected chi connectivity index (χ4v) is 3.48. The molecule has 0 unspecified atom stereocenters. The maximum atomic E-state index is 13.4. The van der Waals surface area contributed by atoms with E-state index in [1.807, 2.05) is 6.20 Å². The number of aromatic amines is 1. The Balaban J connectivity index is 0.00000363. The number of H-pyrrole nitrogens is 1. The summed E-state index contributed by atoms with van der Waals surface area (Å²) in [5.41, 5.74) is 1.90. The number of hydrogen-bond donors (Lipinski definition) is 3. The summed E-state index contributed by atoms with van der Waals surface area (Å²) >= 11 is 0. The number of rotatable bonds is 9. The van der Waals surface area contributed by atoms with Gasteiger partial charge in [0.15, 0.2) is 5.96 Å². The lowest BCUT2D eigenvalue weighted by atomic mass is 10.1. The van der Waals surface area contributed by atoms with Crippen LogP contribution in [-0.2, 0) is 16.0 Å². The molecular weight excluding hydrogens is 526 g/mol. The number of halogens is 2. The number of nitrogens with one attached hydrogen (secondary N) is 3. The highest BCUT2D eigenvalue weighted by molar-refractivity contribution is 14.0. The molecule has 2 heterocycles. The number of fused-ring (bicyclic) bond motifs is 1. The molecule has 0 saturated carbocycles. The van der Waals surface area contributed by atoms with Crippen LogP contribution < -0.4 is 10.6 Å². The summed E-state index contributed by atoms with van der Waals surface area (Å²) in [6, 6.07) is 4.77. The zero-order valence-corrected chi connectivity index (χ0v) is 21.2. The Labute approximate surface area is 206 Å². The molecule has 1 fully saturated rings. The standard InChI is InChI=1S/C22H33FN6O2.HI/c1-28(2)21(30)16-27-22(24-7-3-9-29-10-12-31-13-11-29)25-8-6-17-15-26-20-14-18(23)4-5-19(17)20;/h4-5,14-15,26H,3,6-13,16H2,1-2H3,(H2,24,25,27);1H. The Morgan fingerprint density at radius 2 is 2.00 bits per heavy atom. The summed E-state index contributed by atoms with van der Waals surface area (Å²) in [6.45, 7) is 6.07. The summed E-state index contributed by atoms with van der Waals surface area (Å²) in [5, 5.41) is 7.66. The number of carbonyl (C=O) groups is 1. The Hall–Kier alpha value is -1.92. The van der Waals surface area contributed by atoms with Crippen LogP contribution in [0, 0.1) is 5.82 Å². The average molecular weight is 560 g/mol. The van der Waals surface area contributed by atoms with Gasteiger partial charge in [-0.3, -0.25) is 9.69 Å². The van der Waals surface area contributed by atoms with Crippen LogP contribution in [0.25, 0.3) is 10.9 Å². The molecule has 3 rings (SSSR count). The van der Waals surface area contributed by atoms with Gasteiger partial charge in [0.1, 0.15) is 12.4 Å². The Kier molecular flexibility index (Phi) is 11.2. The molecule has 10 heteroatoms. The maximum Gasteiger partial charge on any atom is 0.243 e. The predicted molar refractivity (Wildman–Crippen MR) is 136 cm³/mol. The number of likely N-dealkylation sites (N-methyl/N-ethyl adjacent to an activating group) is 1. The third kappa shape index (κ3) is 8.21. The van der Waals surface area contributed by atoms with Gasteiger partial charge in [-0.15, -0.1) is 24.0 Å². The second-order valence-corrected chi connectivity index (χ2v) is 7.87. The summed E-state index contributed by atoms with van der Waals surface area (Å²) in [7, 11) is 3.45. The van der Waals surface area contributed by atoms with Crippen LogP contribution in [0.3, 0.4) is 0 Å². The number of ether oxygens (including phenoxy) is 1. The first-order chi connectivity index (χ1) is 15.0. The number of aliphatic imine (C=N–C) groups is 1. The molecule has 2 aromatic rings. The van der Waals surface area contributed by atoms with Crippen molar-refractivity contribution in [3.8, 4) is 0 Å². The third-order valence-corrected chi connectivity index (χ3v) is 5.33. The van der Waals surface area contributed by atoms with Gasteiger partial charge in [0.05, 0.1) is 13.2 Å². The molecule has 1 aliphatic rings. The molecule has 1 amide bonds. The summed E-state index contributed by atoms with van der Waals surface area (Å²) in [5.74, 6) is 0.330. The van der Waals surface area contributed by atoms with Crippen molar-refractivity contribution in [2.45, 2.75) is 12.8 Å². The van der Waals surface area contributed by atoms with Gasteiger partial charge in [0, 0.05) is 57.4 Å². The SMILES string of the molecule is CN(C)C(=O)CN=C(NCCCN1CCOCC1)NCCc1c[nH]c2cc(F)ccc12.I. The first-order valence-electron chi connectivity index (χ1n) is 10.8. The van der Waals surface area contributed by atoms with Crippen LogP contribution in [0.15, 0.2) is 29.4 Å². The van der Waals surface area contributed by atoms with Gasteiger partial charge in [-0.25, -0.2) is 9.38 Å². The number of benzene rings is 1. The molecule has 0 spiro atoms. The summed E-state index contributed by atoms with van der Waals surface area (Å²) in [4.78, 5) is 23.4. The van der Waals surface area contributed by atoms with E-state index in [-0.39, 0.29) is 42.2 Å². The fraction of sp³-hybridized carbons (Fsp3) is 0.545. The van der Waals surface area contributed by atoms with Crippen LogP contribution in [0.2, 0.25) is 0 Å². The third-order valence-electron chi connectivity index (χ3n) is 5.33. The molecule has 8 nitrogen and oxygen atoms in total. The molecule has 0 aliphatic carbocycles. The average Bonchev–Trinajstić information content (AvgIpc) is 3.16. The molecular formula is C22H34FIN6O2. The highest BCUT2D eigenvalue weighted by Crippen LogP contribution is 2.19. The second-order valence-electron chi connectivity index (χ2n) is 7.87. The van der Waals surface area contributed by atoms with E-state index in [9.17, 15) is 9.18 Å². The highest BCUT2D eigenvalue weighted by Gasteiger charge is 2.10. The lowest BCUT2D eigenvalue weighted by Gasteiger charge is -2.26. The lowest BCUT2D eigenvalue weighted by molar-refractivity contribution is -0.127. The smallest absolute Gasteiger partial charge is 0.243 e. The van der Waals surface area contributed by atoms with Crippen molar-refractivity contribution in [1.82, 2.24) is 25.4 Å². The molecule has 1 aromatic heterocycles. The van der Waals surface area contributed by atoms with E-state index in [0.717, 1.165) is 68.7 Å². The molecule has 32 heavy (non-hydrogen) atoms. The first-order valence-corrected chi connectivity index (χ1v) is 10.8. The van der Waals surface area contributed by atoms with Crippen LogP contribution in [0.5, 0.6) is 0 Å². The largest absolute Gasteiger partial charge is 0.379 e. The Morgan fingerprint density at radius 3 is 2.75 bits per heavy atom. The summed E-state index contributed by atoms with van der Waals surface area (Å²) in [6.07, 6.45) is 3.64. The van der Waals surface area contributed by atoms with Crippen LogP contribution in [0.4, 0.5) is 4.39 Å². The van der Waals surface area contributed by atoms with Crippen molar-refractivity contribution >= 4 is 46.7 Å². The molecule has 1 aliphatic heterocycles. The van der Waals surface area contributed by atoms with Gasteiger partial charge < -0.3 is 25.3 Å². The van der Waals surface area contributed by atoms with Gasteiger partial charge in [0.25, 0.3) is 0 Å². The Bertz CT molecular complexity index is 882. The predicted octanol–water partition coefficient (Wildman–Crippen LogP) is 1.81. The van der Waals surface area contributed by atoms with Crippen LogP contribution in [-0.4, -0.2) is 93.2 Å². The molecule has 0 atom stereocenters. The quantitative estimate of drug-likeness (QED) is 0.189. The number of carbonyl (C=O) groups excluding carboxylic acids is 1. The Morgan fingerprint density at radius 1 is 1.25 bits per heavy atom. The van der Waals surface area contributed by atoms with E-state index in [1.165, 1.54) is 17.0 Å². The van der Waals surface area contributed by atoms with Gasteiger partial charge in [-0.05, 0) is 43.1 Å². The first kappa shape index (κ1) is 26.3. The normalized spacial score (nSPS) is 14.8. The zero-order chi connectivity index (χ0) is 22.1. The van der Waals surface area contributed by atoms with Gasteiger partial charge in [0.2, 0.25) is 5.91 Å². The van der Waals surface area contributed by atoms with Gasteiger partial charge in [-0.2, -0.15) is 0 Å². The number of morpholine rings is 1. The minimum atomic E-state index is -0.250. The van der Waals surface area contributed by atoms with Gasteiger partial charge >= 0.3 is 0 Å².